The molecule has 354 valence electrons. The van der Waals surface area contributed by atoms with Gasteiger partial charge in [0.1, 0.15) is 0 Å². The van der Waals surface area contributed by atoms with Gasteiger partial charge in [-0.2, -0.15) is 0 Å². The van der Waals surface area contributed by atoms with Crippen LogP contribution in [0.1, 0.15) is 139 Å². The Morgan fingerprint density at radius 3 is 1.54 bits per heavy atom. The number of aliphatic hydroxyl groups excluding tert-OH is 5. The number of allylic oxidation sites excluding steroid dienone is 9. The van der Waals surface area contributed by atoms with Crippen molar-refractivity contribution in [1.29, 1.82) is 0 Å². The average Bonchev–Trinajstić information content (AvgIpc) is 4.07. The lowest BCUT2D eigenvalue weighted by Crippen LogP contribution is -2.38. The molecule has 0 heterocycles. The van der Waals surface area contributed by atoms with Gasteiger partial charge in [0, 0.05) is 5.92 Å². The van der Waals surface area contributed by atoms with Gasteiger partial charge < -0.3 is 25.5 Å². The average molecular weight is 869 g/mol. The summed E-state index contributed by atoms with van der Waals surface area (Å²) in [5.41, 5.74) is 0. The fraction of sp³-hybridized carbons (Fsp3) is 0.828. The Morgan fingerprint density at radius 2 is 0.857 bits per heavy atom. The summed E-state index contributed by atoms with van der Waals surface area (Å²) >= 11 is 0. The highest BCUT2D eigenvalue weighted by Gasteiger charge is 2.61. The van der Waals surface area contributed by atoms with Crippen LogP contribution in [0.3, 0.4) is 0 Å². The molecule has 0 aliphatic heterocycles. The molecule has 0 radical (unpaired) electrons. The Bertz CT molecular complexity index is 1710. The second kappa shape index (κ2) is 18.9. The van der Waals surface area contributed by atoms with Crippen molar-refractivity contribution < 1.29 is 25.5 Å². The van der Waals surface area contributed by atoms with Crippen LogP contribution in [0.4, 0.5) is 0 Å². The Kier molecular flexibility index (Phi) is 14.4. The van der Waals surface area contributed by atoms with Gasteiger partial charge in [-0.1, -0.05) is 90.5 Å². The van der Waals surface area contributed by atoms with E-state index in [-0.39, 0.29) is 60.2 Å². The molecule has 16 aliphatic carbocycles. The van der Waals surface area contributed by atoms with Crippen molar-refractivity contribution in [2.75, 3.05) is 0 Å². The van der Waals surface area contributed by atoms with E-state index in [4.69, 9.17) is 5.11 Å². The van der Waals surface area contributed by atoms with E-state index in [1.54, 1.807) is 0 Å². The van der Waals surface area contributed by atoms with Crippen molar-refractivity contribution in [3.05, 3.63) is 60.8 Å². The highest BCUT2D eigenvalue weighted by atomic mass is 16.3. The van der Waals surface area contributed by atoms with E-state index in [1.165, 1.54) is 77.0 Å². The van der Waals surface area contributed by atoms with Gasteiger partial charge in [-0.25, -0.2) is 0 Å². The third-order valence-electron chi connectivity index (χ3n) is 21.6. The zero-order valence-corrected chi connectivity index (χ0v) is 35.6. The molecule has 12 bridgehead atoms. The van der Waals surface area contributed by atoms with Gasteiger partial charge >= 0.3 is 0 Å². The molecule has 0 amide bonds. The summed E-state index contributed by atoms with van der Waals surface area (Å²) in [4.78, 5) is 0. The molecule has 0 aromatic carbocycles. The highest BCUT2D eigenvalue weighted by Crippen LogP contribution is 2.66. The van der Waals surface area contributed by atoms with Crippen molar-refractivity contribution in [2.24, 2.45) is 130 Å². The third-order valence-corrected chi connectivity index (χ3v) is 21.6. The smallest absolute Gasteiger partial charge is 0.0608 e. The van der Waals surface area contributed by atoms with Crippen LogP contribution >= 0.6 is 0 Å². The van der Waals surface area contributed by atoms with E-state index in [1.807, 2.05) is 0 Å². The molecule has 5 nitrogen and oxygen atoms in total. The zero-order chi connectivity index (χ0) is 39.7. The van der Waals surface area contributed by atoms with E-state index in [0.29, 0.717) is 29.6 Å². The monoisotopic (exact) mass is 869 g/mol. The number of aliphatic hydroxyl groups is 5. The summed E-state index contributed by atoms with van der Waals surface area (Å²) in [6.07, 6.45) is 45.1. The molecular weight excluding hydrogens is 777 g/mol. The standard InChI is InChI=1S/C14H20O.C12H16O.C11H16O.C10H14O.C7H10O.4CH4/c15-14-7-10-6-13(14)12-5-9-3-1-2-8(9)4-11(10)12;13-10-5-8-4-9(10)12-7-2-1-6(3-7)11(8)12;12-11-6-7-5-10(11)9-4-2-1-3-8(7)9;11-10-5-6-4-9(10)8-3-1-2-7(6)8;8-7-4-5-1-2-6(7)3-5;;;;/h1,3,8-15H,2,4-7H2;1-2,6-13H,3-5H2;2,4,7-12H,1,3,5-6H2;1,3,6-11H,2,4-5H2;1-2,5-8H,3-4H2;4*1H4. The third kappa shape index (κ3) is 8.14. The largest absolute Gasteiger partial charge is 0.393 e. The van der Waals surface area contributed by atoms with E-state index in [9.17, 15) is 20.4 Å². The minimum absolute atomic E-state index is 0. The molecule has 63 heavy (non-hydrogen) atoms. The molecule has 0 aromatic heterocycles. The lowest BCUT2D eigenvalue weighted by molar-refractivity contribution is 0.0124. The Hall–Kier alpha value is -1.50. The number of fused-ring (bicyclic) bond motifs is 27. The van der Waals surface area contributed by atoms with Crippen LogP contribution in [-0.4, -0.2) is 56.1 Å². The van der Waals surface area contributed by atoms with E-state index in [0.717, 1.165) is 133 Å². The molecule has 0 spiro atoms. The van der Waals surface area contributed by atoms with Crippen LogP contribution in [0.5, 0.6) is 0 Å². The summed E-state index contributed by atoms with van der Waals surface area (Å²) in [5.74, 6) is 18.0. The van der Waals surface area contributed by atoms with Crippen molar-refractivity contribution in [1.82, 2.24) is 0 Å². The minimum atomic E-state index is -0.00926. The number of hydrogen-bond donors (Lipinski definition) is 5. The van der Waals surface area contributed by atoms with Gasteiger partial charge in [-0.15, -0.1) is 0 Å². The molecule has 27 atom stereocenters. The van der Waals surface area contributed by atoms with Gasteiger partial charge in [0.15, 0.2) is 0 Å². The highest BCUT2D eigenvalue weighted by molar-refractivity contribution is 5.21. The summed E-state index contributed by atoms with van der Waals surface area (Å²) in [6, 6.07) is 0. The van der Waals surface area contributed by atoms with Crippen molar-refractivity contribution in [2.45, 2.75) is 169 Å². The van der Waals surface area contributed by atoms with Crippen molar-refractivity contribution in [3.63, 3.8) is 0 Å². The first-order valence-corrected chi connectivity index (χ1v) is 25.5. The summed E-state index contributed by atoms with van der Waals surface area (Å²) in [6.45, 7) is 0. The first-order valence-electron chi connectivity index (χ1n) is 25.5. The summed E-state index contributed by atoms with van der Waals surface area (Å²) in [7, 11) is 0. The SMILES string of the molecule is C.C.C.C.OC1CC2C=CC1C2.OC1CC2CC1C1C3C=CC(C3)C21.OC1CC2CC1C1C=CCC21.OC1CC2CC1C1C=CCCC21.OC1CC2CC1C1CC3C=CCC3CC21. The van der Waals surface area contributed by atoms with E-state index < -0.39 is 0 Å². The van der Waals surface area contributed by atoms with Crippen molar-refractivity contribution >= 4 is 0 Å². The Labute approximate surface area is 384 Å². The topological polar surface area (TPSA) is 101 Å². The maximum atomic E-state index is 9.98. The van der Waals surface area contributed by atoms with E-state index >= 15 is 0 Å². The quantitative estimate of drug-likeness (QED) is 0.123. The maximum absolute atomic E-state index is 9.98. The second-order valence-electron chi connectivity index (χ2n) is 23.8. The van der Waals surface area contributed by atoms with Crippen molar-refractivity contribution in [3.8, 4) is 0 Å². The molecule has 11 fully saturated rings. The molecule has 5 heteroatoms. The normalized spacial score (nSPS) is 55.5. The van der Waals surface area contributed by atoms with Gasteiger partial charge in [-0.3, -0.25) is 0 Å². The van der Waals surface area contributed by atoms with Crippen LogP contribution in [0.15, 0.2) is 60.8 Å². The predicted octanol–water partition coefficient (Wildman–Crippen LogP) is 11.5. The van der Waals surface area contributed by atoms with Crippen LogP contribution in [0.2, 0.25) is 0 Å². The fourth-order valence-electron chi connectivity index (χ4n) is 19.2. The molecule has 16 aliphatic rings. The van der Waals surface area contributed by atoms with Crippen LogP contribution in [0, 0.1) is 130 Å². The van der Waals surface area contributed by atoms with Crippen LogP contribution in [-0.2, 0) is 0 Å². The number of hydrogen-bond acceptors (Lipinski definition) is 5. The lowest BCUT2D eigenvalue weighted by atomic mass is 9.64. The fourth-order valence-corrected chi connectivity index (χ4v) is 19.2. The molecule has 16 rings (SSSR count). The minimum Gasteiger partial charge on any atom is -0.393 e. The molecule has 11 saturated carbocycles. The van der Waals surface area contributed by atoms with E-state index in [2.05, 4.69) is 60.8 Å². The summed E-state index contributed by atoms with van der Waals surface area (Å²) < 4.78 is 0. The number of rotatable bonds is 0. The first-order chi connectivity index (χ1) is 28.8. The second-order valence-corrected chi connectivity index (χ2v) is 23.8. The van der Waals surface area contributed by atoms with Crippen LogP contribution < -0.4 is 0 Å². The van der Waals surface area contributed by atoms with Gasteiger partial charge in [-0.05, 0) is 233 Å². The molecule has 27 unspecified atom stereocenters. The Morgan fingerprint density at radius 1 is 0.302 bits per heavy atom. The molecule has 5 N–H and O–H groups in total. The summed E-state index contributed by atoms with van der Waals surface area (Å²) in [5, 5.41) is 48.4. The maximum Gasteiger partial charge on any atom is 0.0608 e. The molecular formula is C58H92O5. The Balaban J connectivity index is 0.000000108. The zero-order valence-electron chi connectivity index (χ0n) is 35.6. The predicted molar refractivity (Wildman–Crippen MR) is 258 cm³/mol. The lowest BCUT2D eigenvalue weighted by Gasteiger charge is -2.42. The molecule has 0 aromatic rings. The van der Waals surface area contributed by atoms with Gasteiger partial charge in [0.2, 0.25) is 0 Å². The van der Waals surface area contributed by atoms with Crippen LogP contribution in [0.25, 0.3) is 0 Å². The first kappa shape index (κ1) is 48.0. The molecule has 0 saturated heterocycles. The van der Waals surface area contributed by atoms with Gasteiger partial charge in [0.05, 0.1) is 30.5 Å². The van der Waals surface area contributed by atoms with Gasteiger partial charge in [0.25, 0.3) is 0 Å².